The summed E-state index contributed by atoms with van der Waals surface area (Å²) in [6, 6.07) is 4.73. The van der Waals surface area contributed by atoms with Gasteiger partial charge < -0.3 is 4.90 Å². The summed E-state index contributed by atoms with van der Waals surface area (Å²) in [6.07, 6.45) is -1.76. The average Bonchev–Trinajstić information content (AvgIpc) is 3.12. The zero-order chi connectivity index (χ0) is 14.5. The second-order valence-electron chi connectivity index (χ2n) is 5.74. The zero-order valence-electron chi connectivity index (χ0n) is 11.2. The number of halogens is 3. The van der Waals surface area contributed by atoms with Crippen LogP contribution in [0.25, 0.3) is 0 Å². The molecule has 20 heavy (non-hydrogen) atoms. The largest absolute Gasteiger partial charge is 0.418 e. The monoisotopic (exact) mass is 280 g/mol. The zero-order valence-corrected chi connectivity index (χ0v) is 11.2. The van der Waals surface area contributed by atoms with Crippen molar-refractivity contribution >= 4 is 5.69 Å². The van der Waals surface area contributed by atoms with Crippen molar-refractivity contribution < 1.29 is 13.2 Å². The predicted molar refractivity (Wildman–Crippen MR) is 69.4 cm³/mol. The first-order valence-electron chi connectivity index (χ1n) is 6.81. The van der Waals surface area contributed by atoms with Crippen molar-refractivity contribution in [3.8, 4) is 6.07 Å². The van der Waals surface area contributed by atoms with Crippen LogP contribution in [-0.2, 0) is 12.6 Å². The Hall–Kier alpha value is -1.70. The van der Waals surface area contributed by atoms with Gasteiger partial charge in [0.2, 0.25) is 0 Å². The van der Waals surface area contributed by atoms with E-state index >= 15 is 0 Å². The second kappa shape index (κ2) is 4.41. The Bertz CT molecular complexity index is 582. The van der Waals surface area contributed by atoms with E-state index in [1.807, 2.05) is 6.92 Å². The van der Waals surface area contributed by atoms with Crippen molar-refractivity contribution in [1.82, 2.24) is 0 Å². The predicted octanol–water partition coefficient (Wildman–Crippen LogP) is 3.74. The standard InChI is InChI=1S/C15H15F3N2/c1-9-6-12-13(20(9)8-10-2-3-10)5-4-11(7-19)14(12)15(16,17)18/h4-5,9-10H,2-3,6,8H2,1H3. The van der Waals surface area contributed by atoms with E-state index in [1.54, 1.807) is 12.1 Å². The van der Waals surface area contributed by atoms with Gasteiger partial charge in [0.05, 0.1) is 17.2 Å². The van der Waals surface area contributed by atoms with Crippen LogP contribution in [0.15, 0.2) is 12.1 Å². The number of anilines is 1. The Morgan fingerprint density at radius 2 is 2.05 bits per heavy atom. The highest BCUT2D eigenvalue weighted by Gasteiger charge is 2.42. The Kier molecular flexibility index (Phi) is 2.93. The molecule has 0 bridgehead atoms. The van der Waals surface area contributed by atoms with Gasteiger partial charge >= 0.3 is 6.18 Å². The van der Waals surface area contributed by atoms with E-state index in [0.29, 0.717) is 23.6 Å². The fraction of sp³-hybridized carbons (Fsp3) is 0.533. The molecule has 1 aliphatic heterocycles. The van der Waals surface area contributed by atoms with Gasteiger partial charge in [-0.3, -0.25) is 0 Å². The van der Waals surface area contributed by atoms with Crippen LogP contribution in [-0.4, -0.2) is 12.6 Å². The fourth-order valence-electron chi connectivity index (χ4n) is 3.03. The summed E-state index contributed by atoms with van der Waals surface area (Å²) in [7, 11) is 0. The molecule has 1 aromatic carbocycles. The smallest absolute Gasteiger partial charge is 0.368 e. The average molecular weight is 280 g/mol. The van der Waals surface area contributed by atoms with Crippen LogP contribution in [0.1, 0.15) is 36.5 Å². The van der Waals surface area contributed by atoms with E-state index in [2.05, 4.69) is 4.90 Å². The lowest BCUT2D eigenvalue weighted by Gasteiger charge is -2.25. The van der Waals surface area contributed by atoms with Gasteiger partial charge in [0, 0.05) is 18.3 Å². The number of hydrogen-bond acceptors (Lipinski definition) is 2. The molecule has 1 aromatic rings. The molecule has 2 aliphatic rings. The molecule has 1 heterocycles. The molecule has 0 amide bonds. The number of nitriles is 1. The van der Waals surface area contributed by atoms with Gasteiger partial charge in [0.1, 0.15) is 0 Å². The highest BCUT2D eigenvalue weighted by Crippen LogP contribution is 2.44. The van der Waals surface area contributed by atoms with E-state index in [-0.39, 0.29) is 11.6 Å². The van der Waals surface area contributed by atoms with Crippen molar-refractivity contribution in [3.05, 3.63) is 28.8 Å². The molecule has 1 unspecified atom stereocenters. The van der Waals surface area contributed by atoms with Gasteiger partial charge in [-0.05, 0) is 49.8 Å². The Morgan fingerprint density at radius 3 is 2.60 bits per heavy atom. The second-order valence-corrected chi connectivity index (χ2v) is 5.74. The highest BCUT2D eigenvalue weighted by molar-refractivity contribution is 5.66. The lowest BCUT2D eigenvalue weighted by atomic mass is 9.98. The summed E-state index contributed by atoms with van der Waals surface area (Å²) in [5.74, 6) is 0.619. The van der Waals surface area contributed by atoms with Gasteiger partial charge in [-0.2, -0.15) is 18.4 Å². The maximum atomic E-state index is 13.3. The molecule has 106 valence electrons. The molecule has 0 N–H and O–H groups in total. The van der Waals surface area contributed by atoms with Crippen molar-refractivity contribution in [2.24, 2.45) is 5.92 Å². The van der Waals surface area contributed by atoms with Crippen LogP contribution in [0.3, 0.4) is 0 Å². The first-order valence-corrected chi connectivity index (χ1v) is 6.81. The maximum absolute atomic E-state index is 13.3. The molecule has 5 heteroatoms. The third-order valence-corrected chi connectivity index (χ3v) is 4.18. The molecular formula is C15H15F3N2. The lowest BCUT2D eigenvalue weighted by molar-refractivity contribution is -0.138. The van der Waals surface area contributed by atoms with Crippen molar-refractivity contribution in [3.63, 3.8) is 0 Å². The lowest BCUT2D eigenvalue weighted by Crippen LogP contribution is -2.31. The van der Waals surface area contributed by atoms with Gasteiger partial charge in [0.25, 0.3) is 0 Å². The summed E-state index contributed by atoms with van der Waals surface area (Å²) in [5, 5.41) is 8.94. The van der Waals surface area contributed by atoms with E-state index in [1.165, 1.54) is 18.9 Å². The Labute approximate surface area is 115 Å². The number of benzene rings is 1. The number of alkyl halides is 3. The molecular weight excluding hydrogens is 265 g/mol. The van der Waals surface area contributed by atoms with Crippen molar-refractivity contribution in [2.45, 2.75) is 38.4 Å². The Balaban J connectivity index is 2.08. The van der Waals surface area contributed by atoms with Crippen LogP contribution >= 0.6 is 0 Å². The molecule has 1 saturated carbocycles. The van der Waals surface area contributed by atoms with Gasteiger partial charge in [-0.25, -0.2) is 0 Å². The summed E-state index contributed by atoms with van der Waals surface area (Å²) in [4.78, 5) is 2.07. The molecule has 2 nitrogen and oxygen atoms in total. The minimum Gasteiger partial charge on any atom is -0.368 e. The quantitative estimate of drug-likeness (QED) is 0.825. The topological polar surface area (TPSA) is 27.0 Å². The van der Waals surface area contributed by atoms with Crippen molar-refractivity contribution in [2.75, 3.05) is 11.4 Å². The molecule has 0 spiro atoms. The number of rotatable bonds is 2. The molecule has 0 aromatic heterocycles. The van der Waals surface area contributed by atoms with E-state index in [9.17, 15) is 13.2 Å². The van der Waals surface area contributed by atoms with E-state index in [0.717, 1.165) is 6.54 Å². The normalized spacial score (nSPS) is 21.8. The van der Waals surface area contributed by atoms with Crippen LogP contribution < -0.4 is 4.90 Å². The van der Waals surface area contributed by atoms with Crippen LogP contribution in [0.2, 0.25) is 0 Å². The van der Waals surface area contributed by atoms with Crippen molar-refractivity contribution in [1.29, 1.82) is 5.26 Å². The summed E-state index contributed by atoms with van der Waals surface area (Å²) < 4.78 is 39.8. The SMILES string of the molecule is CC1Cc2c(ccc(C#N)c2C(F)(F)F)N1CC1CC1. The van der Waals surface area contributed by atoms with Gasteiger partial charge in [0.15, 0.2) is 0 Å². The third-order valence-electron chi connectivity index (χ3n) is 4.18. The highest BCUT2D eigenvalue weighted by atomic mass is 19.4. The number of nitrogens with zero attached hydrogens (tertiary/aromatic N) is 2. The Morgan fingerprint density at radius 1 is 1.35 bits per heavy atom. The molecule has 0 radical (unpaired) electrons. The molecule has 1 aliphatic carbocycles. The van der Waals surface area contributed by atoms with Gasteiger partial charge in [-0.15, -0.1) is 0 Å². The number of hydrogen-bond donors (Lipinski definition) is 0. The van der Waals surface area contributed by atoms with Gasteiger partial charge in [-0.1, -0.05) is 0 Å². The number of fused-ring (bicyclic) bond motifs is 1. The minimum absolute atomic E-state index is 0.0700. The fourth-order valence-corrected chi connectivity index (χ4v) is 3.03. The van der Waals surface area contributed by atoms with E-state index < -0.39 is 11.7 Å². The first-order chi connectivity index (χ1) is 9.41. The van der Waals surface area contributed by atoms with Crippen LogP contribution in [0, 0.1) is 17.2 Å². The van der Waals surface area contributed by atoms with E-state index in [4.69, 9.17) is 5.26 Å². The molecule has 1 fully saturated rings. The third kappa shape index (κ3) is 2.13. The first kappa shape index (κ1) is 13.3. The summed E-state index contributed by atoms with van der Waals surface area (Å²) >= 11 is 0. The molecule has 1 atom stereocenters. The van der Waals surface area contributed by atoms with Crippen LogP contribution in [0.5, 0.6) is 0 Å². The molecule has 3 rings (SSSR count). The molecule has 0 saturated heterocycles. The summed E-state index contributed by atoms with van der Waals surface area (Å²) in [6.45, 7) is 2.78. The van der Waals surface area contributed by atoms with Crippen LogP contribution in [0.4, 0.5) is 18.9 Å². The maximum Gasteiger partial charge on any atom is 0.418 e. The minimum atomic E-state index is -4.47. The summed E-state index contributed by atoms with van der Waals surface area (Å²) in [5.41, 5.74) is -0.0419.